The van der Waals surface area contributed by atoms with Gasteiger partial charge in [-0.2, -0.15) is 0 Å². The lowest BCUT2D eigenvalue weighted by atomic mass is 10.1. The average Bonchev–Trinajstić information content (AvgIpc) is 2.99. The van der Waals surface area contributed by atoms with Gasteiger partial charge in [-0.3, -0.25) is 9.69 Å². The van der Waals surface area contributed by atoms with Crippen LogP contribution in [0.4, 0.5) is 0 Å². The number of carbonyl (C=O) groups excluding carboxylic acids is 1. The van der Waals surface area contributed by atoms with Crippen LogP contribution in [-0.4, -0.2) is 84.3 Å². The SMILES string of the molecule is COCCCN1CCO[C@H]2CN(C(=O)c3cnc(C)nc3C)C[C@@H]21. The summed E-state index contributed by atoms with van der Waals surface area (Å²) in [5, 5.41) is 0. The lowest BCUT2D eigenvalue weighted by molar-refractivity contribution is -0.0487. The highest BCUT2D eigenvalue weighted by molar-refractivity contribution is 5.95. The van der Waals surface area contributed by atoms with Crippen LogP contribution in [0.25, 0.3) is 0 Å². The number of carbonyl (C=O) groups is 1. The maximum atomic E-state index is 12.8. The second kappa shape index (κ2) is 7.55. The minimum atomic E-state index is 0.00217. The van der Waals surface area contributed by atoms with Gasteiger partial charge in [-0.25, -0.2) is 9.97 Å². The summed E-state index contributed by atoms with van der Waals surface area (Å²) in [5.41, 5.74) is 1.32. The van der Waals surface area contributed by atoms with Gasteiger partial charge >= 0.3 is 0 Å². The van der Waals surface area contributed by atoms with Crippen molar-refractivity contribution < 1.29 is 14.3 Å². The van der Waals surface area contributed by atoms with Gasteiger partial charge in [0, 0.05) is 46.1 Å². The van der Waals surface area contributed by atoms with E-state index in [9.17, 15) is 4.79 Å². The minimum Gasteiger partial charge on any atom is -0.385 e. The fourth-order valence-corrected chi connectivity index (χ4v) is 3.58. The van der Waals surface area contributed by atoms with Crippen LogP contribution >= 0.6 is 0 Å². The molecule has 2 aliphatic rings. The molecule has 24 heavy (non-hydrogen) atoms. The zero-order chi connectivity index (χ0) is 17.1. The number of nitrogens with zero attached hydrogens (tertiary/aromatic N) is 4. The zero-order valence-electron chi connectivity index (χ0n) is 14.7. The topological polar surface area (TPSA) is 67.8 Å². The summed E-state index contributed by atoms with van der Waals surface area (Å²) in [6, 6.07) is 0.270. The molecule has 0 bridgehead atoms. The van der Waals surface area contributed by atoms with Gasteiger partial charge in [0.2, 0.25) is 0 Å². The molecule has 2 saturated heterocycles. The maximum Gasteiger partial charge on any atom is 0.257 e. The molecule has 2 fully saturated rings. The highest BCUT2D eigenvalue weighted by atomic mass is 16.5. The Morgan fingerprint density at radius 1 is 1.42 bits per heavy atom. The summed E-state index contributed by atoms with van der Waals surface area (Å²) >= 11 is 0. The van der Waals surface area contributed by atoms with Crippen molar-refractivity contribution in [2.75, 3.05) is 46.5 Å². The van der Waals surface area contributed by atoms with Gasteiger partial charge < -0.3 is 14.4 Å². The third-order valence-corrected chi connectivity index (χ3v) is 4.83. The second-order valence-electron chi connectivity index (χ2n) is 6.49. The van der Waals surface area contributed by atoms with Crippen LogP contribution in [0.2, 0.25) is 0 Å². The lowest BCUT2D eigenvalue weighted by Crippen LogP contribution is -2.51. The fourth-order valence-electron chi connectivity index (χ4n) is 3.58. The summed E-state index contributed by atoms with van der Waals surface area (Å²) in [5.74, 6) is 0.689. The Bertz CT molecular complexity index is 595. The number of aromatic nitrogens is 2. The van der Waals surface area contributed by atoms with E-state index in [4.69, 9.17) is 9.47 Å². The Labute approximate surface area is 143 Å². The smallest absolute Gasteiger partial charge is 0.257 e. The molecule has 1 amide bonds. The quantitative estimate of drug-likeness (QED) is 0.737. The van der Waals surface area contributed by atoms with E-state index in [0.29, 0.717) is 24.5 Å². The van der Waals surface area contributed by atoms with E-state index >= 15 is 0 Å². The molecule has 3 heterocycles. The van der Waals surface area contributed by atoms with Gasteiger partial charge in [-0.1, -0.05) is 0 Å². The molecule has 0 unspecified atom stereocenters. The third kappa shape index (κ3) is 3.58. The van der Waals surface area contributed by atoms with E-state index in [1.807, 2.05) is 18.7 Å². The Kier molecular flexibility index (Phi) is 5.43. The largest absolute Gasteiger partial charge is 0.385 e. The molecule has 0 N–H and O–H groups in total. The first kappa shape index (κ1) is 17.3. The van der Waals surface area contributed by atoms with Gasteiger partial charge in [0.15, 0.2) is 0 Å². The number of hydrogen-bond acceptors (Lipinski definition) is 6. The number of morpholine rings is 1. The first-order chi connectivity index (χ1) is 11.6. The Morgan fingerprint density at radius 3 is 3.00 bits per heavy atom. The van der Waals surface area contributed by atoms with Crippen LogP contribution in [0.1, 0.15) is 28.3 Å². The third-order valence-electron chi connectivity index (χ3n) is 4.83. The summed E-state index contributed by atoms with van der Waals surface area (Å²) < 4.78 is 11.1. The molecule has 0 aliphatic carbocycles. The van der Waals surface area contributed by atoms with Crippen molar-refractivity contribution in [2.24, 2.45) is 0 Å². The lowest BCUT2D eigenvalue weighted by Gasteiger charge is -2.36. The van der Waals surface area contributed by atoms with Gasteiger partial charge in [0.1, 0.15) is 5.82 Å². The van der Waals surface area contributed by atoms with E-state index in [1.165, 1.54) is 0 Å². The number of rotatable bonds is 5. The van der Waals surface area contributed by atoms with Crippen LogP contribution in [0.5, 0.6) is 0 Å². The van der Waals surface area contributed by atoms with Crippen LogP contribution in [0, 0.1) is 13.8 Å². The summed E-state index contributed by atoms with van der Waals surface area (Å²) in [6.07, 6.45) is 2.73. The van der Waals surface area contributed by atoms with Crippen molar-refractivity contribution in [1.82, 2.24) is 19.8 Å². The second-order valence-corrected chi connectivity index (χ2v) is 6.49. The molecule has 2 aliphatic heterocycles. The van der Waals surface area contributed by atoms with Crippen molar-refractivity contribution in [3.63, 3.8) is 0 Å². The fraction of sp³-hybridized carbons (Fsp3) is 0.706. The normalized spacial score (nSPS) is 24.2. The Balaban J connectivity index is 1.67. The molecule has 0 radical (unpaired) electrons. The molecule has 7 nitrogen and oxygen atoms in total. The van der Waals surface area contributed by atoms with Crippen molar-refractivity contribution in [3.8, 4) is 0 Å². The summed E-state index contributed by atoms with van der Waals surface area (Å²) in [4.78, 5) is 25.6. The Morgan fingerprint density at radius 2 is 2.25 bits per heavy atom. The van der Waals surface area contributed by atoms with Crippen molar-refractivity contribution in [2.45, 2.75) is 32.4 Å². The van der Waals surface area contributed by atoms with Crippen molar-refractivity contribution >= 4 is 5.91 Å². The maximum absolute atomic E-state index is 12.8. The monoisotopic (exact) mass is 334 g/mol. The van der Waals surface area contributed by atoms with Crippen LogP contribution < -0.4 is 0 Å². The molecule has 2 atom stereocenters. The number of aryl methyl sites for hydroxylation is 2. The highest BCUT2D eigenvalue weighted by Crippen LogP contribution is 2.24. The van der Waals surface area contributed by atoms with Gasteiger partial charge in [0.25, 0.3) is 5.91 Å². The first-order valence-corrected chi connectivity index (χ1v) is 8.54. The van der Waals surface area contributed by atoms with E-state index < -0.39 is 0 Å². The molecular weight excluding hydrogens is 308 g/mol. The van der Waals surface area contributed by atoms with Crippen molar-refractivity contribution in [3.05, 3.63) is 23.3 Å². The average molecular weight is 334 g/mol. The summed E-state index contributed by atoms with van der Waals surface area (Å²) in [7, 11) is 1.73. The van der Waals surface area contributed by atoms with E-state index in [0.717, 1.165) is 38.4 Å². The van der Waals surface area contributed by atoms with E-state index in [1.54, 1.807) is 13.3 Å². The standard InChI is InChI=1S/C17H26N4O3/c1-12-14(9-18-13(2)19-12)17(22)21-10-15-16(11-21)24-8-6-20(15)5-4-7-23-3/h9,15-16H,4-8,10-11H2,1-3H3/t15-,16-/m0/s1. The number of methoxy groups -OCH3 is 1. The molecule has 7 heteroatoms. The molecule has 1 aromatic rings. The molecule has 0 saturated carbocycles. The number of hydrogen-bond donors (Lipinski definition) is 0. The molecule has 0 spiro atoms. The zero-order valence-corrected chi connectivity index (χ0v) is 14.7. The molecule has 0 aromatic carbocycles. The first-order valence-electron chi connectivity index (χ1n) is 8.54. The Hall–Kier alpha value is -1.57. The number of ether oxygens (including phenoxy) is 2. The molecule has 1 aromatic heterocycles. The predicted molar refractivity (Wildman–Crippen MR) is 89.0 cm³/mol. The predicted octanol–water partition coefficient (Wildman–Crippen LogP) is 0.655. The van der Waals surface area contributed by atoms with E-state index in [2.05, 4.69) is 14.9 Å². The van der Waals surface area contributed by atoms with Gasteiger partial charge in [0.05, 0.1) is 30.0 Å². The molecular formula is C17H26N4O3. The van der Waals surface area contributed by atoms with Crippen molar-refractivity contribution in [1.29, 1.82) is 0 Å². The number of amides is 1. The van der Waals surface area contributed by atoms with Gasteiger partial charge in [-0.05, 0) is 20.3 Å². The van der Waals surface area contributed by atoms with Gasteiger partial charge in [-0.15, -0.1) is 0 Å². The van der Waals surface area contributed by atoms with Crippen LogP contribution in [0.15, 0.2) is 6.20 Å². The number of likely N-dealkylation sites (tertiary alicyclic amines) is 1. The number of fused-ring (bicyclic) bond motifs is 1. The summed E-state index contributed by atoms with van der Waals surface area (Å²) in [6.45, 7) is 8.41. The minimum absolute atomic E-state index is 0.00217. The highest BCUT2D eigenvalue weighted by Gasteiger charge is 2.41. The van der Waals surface area contributed by atoms with Crippen LogP contribution in [0.3, 0.4) is 0 Å². The van der Waals surface area contributed by atoms with E-state index in [-0.39, 0.29) is 18.1 Å². The molecule has 132 valence electrons. The van der Waals surface area contributed by atoms with Crippen LogP contribution in [-0.2, 0) is 9.47 Å². The molecule has 3 rings (SSSR count).